The average Bonchev–Trinajstić information content (AvgIpc) is 1.35. The number of hydrogen-bond acceptors (Lipinski definition) is 0. The summed E-state index contributed by atoms with van der Waals surface area (Å²) in [6.07, 6.45) is 1.16. The molecular formula is C5H14N+. The fraction of sp³-hybridized carbons (Fsp3) is 1.00. The van der Waals surface area contributed by atoms with Gasteiger partial charge in [0.15, 0.2) is 0 Å². The third kappa shape index (κ3) is 3.96. The zero-order chi connectivity index (χ0) is 5.21. The molecule has 0 saturated heterocycles. The smallest absolute Gasteiger partial charge is 0.0886 e. The van der Waals surface area contributed by atoms with Crippen LogP contribution in [0.1, 0.15) is 27.2 Å². The van der Waals surface area contributed by atoms with Crippen LogP contribution in [0, 0.1) is 0 Å². The van der Waals surface area contributed by atoms with Gasteiger partial charge in [-0.3, -0.25) is 0 Å². The van der Waals surface area contributed by atoms with Crippen molar-refractivity contribution >= 4 is 0 Å². The highest BCUT2D eigenvalue weighted by Gasteiger charge is 2.08. The second-order valence-corrected chi connectivity index (χ2v) is 2.52. The average molecular weight is 88.2 g/mol. The molecule has 1 nitrogen and oxygen atoms in total. The Morgan fingerprint density at radius 1 is 1.50 bits per heavy atom. The van der Waals surface area contributed by atoms with Crippen molar-refractivity contribution in [1.29, 1.82) is 0 Å². The summed E-state index contributed by atoms with van der Waals surface area (Å²) in [5, 5.41) is 0. The second kappa shape index (κ2) is 1.61. The lowest BCUT2D eigenvalue weighted by Crippen LogP contribution is -2.68. The minimum atomic E-state index is 0.292. The molecule has 0 amide bonds. The van der Waals surface area contributed by atoms with Crippen molar-refractivity contribution in [2.45, 2.75) is 32.7 Å². The Kier molecular flexibility index (Phi) is 1.59. The van der Waals surface area contributed by atoms with E-state index in [1.165, 1.54) is 0 Å². The van der Waals surface area contributed by atoms with Gasteiger partial charge in [-0.25, -0.2) is 0 Å². The molecule has 0 bridgehead atoms. The zero-order valence-corrected chi connectivity index (χ0v) is 4.91. The van der Waals surface area contributed by atoms with E-state index in [2.05, 4.69) is 26.5 Å². The first kappa shape index (κ1) is 5.96. The first-order valence-electron chi connectivity index (χ1n) is 2.41. The molecule has 1 heteroatoms. The maximum Gasteiger partial charge on any atom is 0.0886 e. The molecule has 0 aliphatic carbocycles. The minimum Gasteiger partial charge on any atom is -0.353 e. The molecule has 0 heterocycles. The fourth-order valence-electron chi connectivity index (χ4n) is 0. The standard InChI is InChI=1S/C5H13N/c1-4-5(2,3)6/h4,6H2,1-3H3/p+1. The molecule has 0 atom stereocenters. The van der Waals surface area contributed by atoms with Crippen LogP contribution in [0.3, 0.4) is 0 Å². The van der Waals surface area contributed by atoms with E-state index in [1.54, 1.807) is 0 Å². The molecular weight excluding hydrogens is 74.1 g/mol. The van der Waals surface area contributed by atoms with Gasteiger partial charge >= 0.3 is 0 Å². The van der Waals surface area contributed by atoms with E-state index in [4.69, 9.17) is 0 Å². The largest absolute Gasteiger partial charge is 0.353 e. The van der Waals surface area contributed by atoms with Gasteiger partial charge in [-0.1, -0.05) is 6.92 Å². The highest BCUT2D eigenvalue weighted by molar-refractivity contribution is 4.56. The van der Waals surface area contributed by atoms with Crippen LogP contribution in [-0.2, 0) is 0 Å². The lowest BCUT2D eigenvalue weighted by atomic mass is 10.1. The molecule has 0 aromatic carbocycles. The third-order valence-electron chi connectivity index (χ3n) is 0.957. The van der Waals surface area contributed by atoms with Crippen molar-refractivity contribution in [3.8, 4) is 0 Å². The van der Waals surface area contributed by atoms with Gasteiger partial charge in [0.05, 0.1) is 5.54 Å². The van der Waals surface area contributed by atoms with Gasteiger partial charge in [0.2, 0.25) is 0 Å². The van der Waals surface area contributed by atoms with Crippen molar-refractivity contribution in [2.75, 3.05) is 0 Å². The Morgan fingerprint density at radius 3 is 1.67 bits per heavy atom. The molecule has 38 valence electrons. The predicted molar refractivity (Wildman–Crippen MR) is 27.3 cm³/mol. The highest BCUT2D eigenvalue weighted by Crippen LogP contribution is 1.96. The van der Waals surface area contributed by atoms with Crippen LogP contribution < -0.4 is 5.73 Å². The molecule has 0 aliphatic rings. The van der Waals surface area contributed by atoms with Crippen molar-refractivity contribution in [2.24, 2.45) is 0 Å². The number of rotatable bonds is 1. The van der Waals surface area contributed by atoms with Crippen LogP contribution >= 0.6 is 0 Å². The predicted octanol–water partition coefficient (Wildman–Crippen LogP) is 0.417. The summed E-state index contributed by atoms with van der Waals surface area (Å²) in [5.41, 5.74) is 4.18. The van der Waals surface area contributed by atoms with Crippen molar-refractivity contribution < 1.29 is 5.73 Å². The van der Waals surface area contributed by atoms with Crippen LogP contribution in [0.2, 0.25) is 0 Å². The topological polar surface area (TPSA) is 27.6 Å². The first-order chi connectivity index (χ1) is 2.56. The van der Waals surface area contributed by atoms with Gasteiger partial charge in [-0.15, -0.1) is 0 Å². The Bertz CT molecular complexity index is 33.7. The summed E-state index contributed by atoms with van der Waals surface area (Å²) in [5.74, 6) is 0. The zero-order valence-electron chi connectivity index (χ0n) is 4.91. The maximum absolute atomic E-state index is 3.89. The number of quaternary nitrogens is 1. The van der Waals surface area contributed by atoms with Gasteiger partial charge in [-0.2, -0.15) is 0 Å². The fourth-order valence-corrected chi connectivity index (χ4v) is 0. The summed E-state index contributed by atoms with van der Waals surface area (Å²) in [6.45, 7) is 6.41. The van der Waals surface area contributed by atoms with E-state index in [0.717, 1.165) is 6.42 Å². The SMILES string of the molecule is CCC(C)(C)[NH3+]. The van der Waals surface area contributed by atoms with E-state index >= 15 is 0 Å². The first-order valence-corrected chi connectivity index (χ1v) is 2.41. The van der Waals surface area contributed by atoms with Crippen LogP contribution in [0.25, 0.3) is 0 Å². The number of hydrogen-bond donors (Lipinski definition) is 1. The Morgan fingerprint density at radius 2 is 1.67 bits per heavy atom. The van der Waals surface area contributed by atoms with Gasteiger partial charge in [0.25, 0.3) is 0 Å². The maximum atomic E-state index is 3.89. The summed E-state index contributed by atoms with van der Waals surface area (Å²) >= 11 is 0. The monoisotopic (exact) mass is 88.1 g/mol. The van der Waals surface area contributed by atoms with Crippen molar-refractivity contribution in [3.05, 3.63) is 0 Å². The highest BCUT2D eigenvalue weighted by atomic mass is 14.7. The molecule has 0 fully saturated rings. The second-order valence-electron chi connectivity index (χ2n) is 2.52. The molecule has 0 unspecified atom stereocenters. The van der Waals surface area contributed by atoms with Gasteiger partial charge in [0, 0.05) is 0 Å². The minimum absolute atomic E-state index is 0.292. The van der Waals surface area contributed by atoms with Gasteiger partial charge in [0.1, 0.15) is 0 Å². The van der Waals surface area contributed by atoms with Crippen LogP contribution in [0.4, 0.5) is 0 Å². The quantitative estimate of drug-likeness (QED) is 0.481. The van der Waals surface area contributed by atoms with E-state index in [-0.39, 0.29) is 0 Å². The van der Waals surface area contributed by atoms with Crippen molar-refractivity contribution in [3.63, 3.8) is 0 Å². The van der Waals surface area contributed by atoms with Crippen molar-refractivity contribution in [1.82, 2.24) is 0 Å². The molecule has 6 heavy (non-hydrogen) atoms. The Labute approximate surface area is 39.5 Å². The van der Waals surface area contributed by atoms with E-state index in [1.807, 2.05) is 0 Å². The Balaban J connectivity index is 3.17. The molecule has 0 saturated carbocycles. The van der Waals surface area contributed by atoms with E-state index < -0.39 is 0 Å². The molecule has 0 spiro atoms. The molecule has 3 N–H and O–H groups in total. The third-order valence-corrected chi connectivity index (χ3v) is 0.957. The van der Waals surface area contributed by atoms with Gasteiger partial charge < -0.3 is 5.73 Å². The summed E-state index contributed by atoms with van der Waals surface area (Å²) < 4.78 is 0. The van der Waals surface area contributed by atoms with Crippen LogP contribution in [0.5, 0.6) is 0 Å². The lowest BCUT2D eigenvalue weighted by Gasteiger charge is -2.08. The molecule has 0 rings (SSSR count). The van der Waals surface area contributed by atoms with E-state index in [0.29, 0.717) is 5.54 Å². The molecule has 0 aliphatic heterocycles. The summed E-state index contributed by atoms with van der Waals surface area (Å²) in [4.78, 5) is 0. The molecule has 0 radical (unpaired) electrons. The molecule has 0 aromatic rings. The normalized spacial score (nSPS) is 12.0. The summed E-state index contributed by atoms with van der Waals surface area (Å²) in [6, 6.07) is 0. The lowest BCUT2D eigenvalue weighted by molar-refractivity contribution is -0.466. The van der Waals surface area contributed by atoms with E-state index in [9.17, 15) is 0 Å². The summed E-state index contributed by atoms with van der Waals surface area (Å²) in [7, 11) is 0. The van der Waals surface area contributed by atoms with Crippen LogP contribution in [-0.4, -0.2) is 5.54 Å². The molecule has 0 aromatic heterocycles. The Hall–Kier alpha value is -0.0400. The van der Waals surface area contributed by atoms with Gasteiger partial charge in [-0.05, 0) is 20.3 Å². The van der Waals surface area contributed by atoms with Crippen LogP contribution in [0.15, 0.2) is 0 Å².